The van der Waals surface area contributed by atoms with E-state index in [1.807, 2.05) is 12.1 Å². The number of halogens is 1. The summed E-state index contributed by atoms with van der Waals surface area (Å²) in [5.41, 5.74) is 2.11. The summed E-state index contributed by atoms with van der Waals surface area (Å²) in [7, 11) is 1.56. The monoisotopic (exact) mass is 370 g/mol. The second kappa shape index (κ2) is 8.06. The fourth-order valence-electron chi connectivity index (χ4n) is 2.85. The summed E-state index contributed by atoms with van der Waals surface area (Å²) >= 11 is 5.93. The van der Waals surface area contributed by atoms with Crippen LogP contribution < -0.4 is 15.0 Å². The number of hydrogen-bond donors (Lipinski definition) is 1. The Hall–Kier alpha value is -2.79. The Morgan fingerprint density at radius 2 is 2.12 bits per heavy atom. The van der Waals surface area contributed by atoms with Gasteiger partial charge in [-0.3, -0.25) is 9.59 Å². The first kappa shape index (κ1) is 18.0. The number of hydrogen-bond acceptors (Lipinski definition) is 3. The van der Waals surface area contributed by atoms with Gasteiger partial charge in [0.25, 0.3) is 0 Å². The van der Waals surface area contributed by atoms with Crippen LogP contribution in [0.25, 0.3) is 6.08 Å². The molecule has 5 nitrogen and oxygen atoms in total. The maximum Gasteiger partial charge on any atom is 0.248 e. The average molecular weight is 371 g/mol. The van der Waals surface area contributed by atoms with E-state index in [9.17, 15) is 9.59 Å². The van der Waals surface area contributed by atoms with Gasteiger partial charge in [0.15, 0.2) is 0 Å². The van der Waals surface area contributed by atoms with Gasteiger partial charge in [-0.1, -0.05) is 23.7 Å². The summed E-state index contributed by atoms with van der Waals surface area (Å²) in [5, 5.41) is 3.42. The highest BCUT2D eigenvalue weighted by Gasteiger charge is 2.24. The summed E-state index contributed by atoms with van der Waals surface area (Å²) in [6.45, 7) is 0.654. The van der Waals surface area contributed by atoms with E-state index < -0.39 is 0 Å². The highest BCUT2D eigenvalue weighted by molar-refractivity contribution is 6.30. The van der Waals surface area contributed by atoms with Crippen LogP contribution in [-0.4, -0.2) is 25.5 Å². The minimum atomic E-state index is -0.270. The van der Waals surface area contributed by atoms with Crippen LogP contribution in [-0.2, 0) is 9.59 Å². The number of anilines is 2. The first-order valence-corrected chi connectivity index (χ1v) is 8.67. The van der Waals surface area contributed by atoms with Crippen molar-refractivity contribution in [2.75, 3.05) is 23.9 Å². The van der Waals surface area contributed by atoms with Crippen LogP contribution in [0.15, 0.2) is 48.5 Å². The summed E-state index contributed by atoms with van der Waals surface area (Å²) < 4.78 is 5.35. The fourth-order valence-corrected chi connectivity index (χ4v) is 3.05. The topological polar surface area (TPSA) is 58.6 Å². The largest absolute Gasteiger partial charge is 0.495 e. The van der Waals surface area contributed by atoms with Crippen molar-refractivity contribution >= 4 is 40.9 Å². The zero-order valence-corrected chi connectivity index (χ0v) is 15.1. The van der Waals surface area contributed by atoms with Crippen molar-refractivity contribution in [2.24, 2.45) is 0 Å². The third kappa shape index (κ3) is 4.24. The van der Waals surface area contributed by atoms with Crippen molar-refractivity contribution in [2.45, 2.75) is 12.8 Å². The number of ether oxygens (including phenoxy) is 1. The lowest BCUT2D eigenvalue weighted by atomic mass is 10.2. The van der Waals surface area contributed by atoms with Gasteiger partial charge >= 0.3 is 0 Å². The molecule has 0 aromatic heterocycles. The number of methoxy groups -OCH3 is 1. The van der Waals surface area contributed by atoms with E-state index >= 15 is 0 Å². The van der Waals surface area contributed by atoms with E-state index in [1.165, 1.54) is 6.08 Å². The molecule has 0 saturated carbocycles. The van der Waals surface area contributed by atoms with Gasteiger partial charge in [0.1, 0.15) is 5.75 Å². The van der Waals surface area contributed by atoms with E-state index in [-0.39, 0.29) is 11.8 Å². The summed E-state index contributed by atoms with van der Waals surface area (Å²) in [5.74, 6) is 0.397. The Morgan fingerprint density at radius 1 is 1.27 bits per heavy atom. The maximum absolute atomic E-state index is 12.2. The van der Waals surface area contributed by atoms with Crippen LogP contribution >= 0.6 is 11.6 Å². The SMILES string of the molecule is COc1ccc(NC(=O)/C=C/c2cccc(Cl)c2)cc1N1CCCC1=O. The minimum Gasteiger partial charge on any atom is -0.495 e. The van der Waals surface area contributed by atoms with Crippen LogP contribution in [0.5, 0.6) is 5.75 Å². The molecule has 0 spiro atoms. The van der Waals surface area contributed by atoms with Crippen LogP contribution in [0, 0.1) is 0 Å². The van der Waals surface area contributed by atoms with Crippen molar-refractivity contribution in [3.63, 3.8) is 0 Å². The second-order valence-electron chi connectivity index (χ2n) is 5.91. The standard InChI is InChI=1S/C20H19ClN2O3/c1-26-18-9-8-16(13-17(18)23-11-3-6-20(23)25)22-19(24)10-7-14-4-2-5-15(21)12-14/h2,4-5,7-10,12-13H,3,6,11H2,1H3,(H,22,24)/b10-7+. The van der Waals surface area contributed by atoms with E-state index in [0.29, 0.717) is 35.1 Å². The molecular weight excluding hydrogens is 352 g/mol. The van der Waals surface area contributed by atoms with E-state index in [1.54, 1.807) is 48.4 Å². The number of nitrogens with zero attached hydrogens (tertiary/aromatic N) is 1. The van der Waals surface area contributed by atoms with Gasteiger partial charge in [-0.05, 0) is 48.4 Å². The molecule has 134 valence electrons. The molecular formula is C20H19ClN2O3. The first-order valence-electron chi connectivity index (χ1n) is 8.30. The zero-order valence-electron chi connectivity index (χ0n) is 14.4. The predicted molar refractivity (Wildman–Crippen MR) is 104 cm³/mol. The number of amides is 2. The lowest BCUT2D eigenvalue weighted by Gasteiger charge is -2.20. The summed E-state index contributed by atoms with van der Waals surface area (Å²) in [6, 6.07) is 12.5. The lowest BCUT2D eigenvalue weighted by molar-refractivity contribution is -0.117. The van der Waals surface area contributed by atoms with Crippen molar-refractivity contribution in [1.82, 2.24) is 0 Å². The smallest absolute Gasteiger partial charge is 0.248 e. The molecule has 1 N–H and O–H groups in total. The Labute approximate surface area is 157 Å². The fraction of sp³-hybridized carbons (Fsp3) is 0.200. The van der Waals surface area contributed by atoms with E-state index in [0.717, 1.165) is 12.0 Å². The molecule has 0 radical (unpaired) electrons. The molecule has 1 fully saturated rings. The Bertz CT molecular complexity index is 864. The van der Waals surface area contributed by atoms with E-state index in [4.69, 9.17) is 16.3 Å². The highest BCUT2D eigenvalue weighted by atomic mass is 35.5. The molecule has 1 saturated heterocycles. The molecule has 2 aromatic rings. The molecule has 0 atom stereocenters. The van der Waals surface area contributed by atoms with Crippen LogP contribution in [0.2, 0.25) is 5.02 Å². The number of carbonyl (C=O) groups excluding carboxylic acids is 2. The highest BCUT2D eigenvalue weighted by Crippen LogP contribution is 2.34. The van der Waals surface area contributed by atoms with Gasteiger partial charge < -0.3 is 15.0 Å². The quantitative estimate of drug-likeness (QED) is 0.805. The van der Waals surface area contributed by atoms with Gasteiger partial charge in [-0.15, -0.1) is 0 Å². The Balaban J connectivity index is 1.75. The summed E-state index contributed by atoms with van der Waals surface area (Å²) in [4.78, 5) is 25.9. The number of rotatable bonds is 5. The van der Waals surface area contributed by atoms with Crippen LogP contribution in [0.4, 0.5) is 11.4 Å². The van der Waals surface area contributed by atoms with Gasteiger partial charge in [-0.2, -0.15) is 0 Å². The summed E-state index contributed by atoms with van der Waals surface area (Å²) in [6.07, 6.45) is 4.48. The third-order valence-electron chi connectivity index (χ3n) is 4.09. The van der Waals surface area contributed by atoms with Crippen molar-refractivity contribution in [3.05, 3.63) is 59.1 Å². The molecule has 3 rings (SSSR count). The Kier molecular flexibility index (Phi) is 5.58. The van der Waals surface area contributed by atoms with Crippen molar-refractivity contribution in [1.29, 1.82) is 0 Å². The second-order valence-corrected chi connectivity index (χ2v) is 6.35. The van der Waals surface area contributed by atoms with Gasteiger partial charge in [0.2, 0.25) is 11.8 Å². The molecule has 0 bridgehead atoms. The van der Waals surface area contributed by atoms with Crippen molar-refractivity contribution < 1.29 is 14.3 Å². The lowest BCUT2D eigenvalue weighted by Crippen LogP contribution is -2.24. The molecule has 2 aromatic carbocycles. The zero-order chi connectivity index (χ0) is 18.5. The first-order chi connectivity index (χ1) is 12.6. The number of nitrogens with one attached hydrogen (secondary N) is 1. The maximum atomic E-state index is 12.2. The molecule has 6 heteroatoms. The molecule has 1 aliphatic heterocycles. The molecule has 26 heavy (non-hydrogen) atoms. The number of carbonyl (C=O) groups is 2. The van der Waals surface area contributed by atoms with Crippen molar-refractivity contribution in [3.8, 4) is 5.75 Å². The molecule has 0 aliphatic carbocycles. The van der Waals surface area contributed by atoms with E-state index in [2.05, 4.69) is 5.32 Å². The van der Waals surface area contributed by atoms with Gasteiger partial charge in [0.05, 0.1) is 12.8 Å². The van der Waals surface area contributed by atoms with Gasteiger partial charge in [-0.25, -0.2) is 0 Å². The molecule has 1 heterocycles. The van der Waals surface area contributed by atoms with Gasteiger partial charge in [0, 0.05) is 29.8 Å². The third-order valence-corrected chi connectivity index (χ3v) is 4.32. The van der Waals surface area contributed by atoms with Crippen LogP contribution in [0.3, 0.4) is 0 Å². The number of benzene rings is 2. The average Bonchev–Trinajstić information content (AvgIpc) is 3.06. The molecule has 2 amide bonds. The predicted octanol–water partition coefficient (Wildman–Crippen LogP) is 4.13. The Morgan fingerprint density at radius 3 is 2.81 bits per heavy atom. The van der Waals surface area contributed by atoms with Crippen LogP contribution in [0.1, 0.15) is 18.4 Å². The minimum absolute atomic E-state index is 0.0626. The normalized spacial score (nSPS) is 14.1. The molecule has 0 unspecified atom stereocenters. The molecule has 1 aliphatic rings.